The van der Waals surface area contributed by atoms with E-state index in [2.05, 4.69) is 4.98 Å². The Bertz CT molecular complexity index is 439. The van der Waals surface area contributed by atoms with Crippen LogP contribution in [-0.2, 0) is 6.54 Å². The Morgan fingerprint density at radius 2 is 2.29 bits per heavy atom. The van der Waals surface area contributed by atoms with E-state index in [0.29, 0.717) is 6.54 Å². The maximum atomic E-state index is 5.89. The number of aromatic nitrogens is 1. The van der Waals surface area contributed by atoms with Gasteiger partial charge in [-0.1, -0.05) is 23.7 Å². The SMILES string of the molecule is NCc1nc(-c2cccc(Cl)c2)cs1. The zero-order valence-electron chi connectivity index (χ0n) is 7.40. The summed E-state index contributed by atoms with van der Waals surface area (Å²) in [6.45, 7) is 0.491. The number of thiazole rings is 1. The first kappa shape index (κ1) is 9.65. The van der Waals surface area contributed by atoms with Crippen LogP contribution in [0.15, 0.2) is 29.6 Å². The molecule has 0 aliphatic carbocycles. The molecule has 1 aromatic carbocycles. The zero-order chi connectivity index (χ0) is 9.97. The van der Waals surface area contributed by atoms with Crippen LogP contribution in [0.1, 0.15) is 5.01 Å². The fraction of sp³-hybridized carbons (Fsp3) is 0.100. The van der Waals surface area contributed by atoms with E-state index in [1.54, 1.807) is 11.3 Å². The van der Waals surface area contributed by atoms with E-state index in [0.717, 1.165) is 21.3 Å². The lowest BCUT2D eigenvalue weighted by molar-refractivity contribution is 1.04. The number of benzene rings is 1. The van der Waals surface area contributed by atoms with E-state index < -0.39 is 0 Å². The Kier molecular flexibility index (Phi) is 2.82. The van der Waals surface area contributed by atoms with E-state index >= 15 is 0 Å². The minimum Gasteiger partial charge on any atom is -0.325 e. The van der Waals surface area contributed by atoms with Gasteiger partial charge in [0.1, 0.15) is 5.01 Å². The van der Waals surface area contributed by atoms with Crippen LogP contribution in [-0.4, -0.2) is 4.98 Å². The van der Waals surface area contributed by atoms with Gasteiger partial charge >= 0.3 is 0 Å². The summed E-state index contributed by atoms with van der Waals surface area (Å²) in [6, 6.07) is 7.65. The molecule has 2 rings (SSSR count). The highest BCUT2D eigenvalue weighted by Crippen LogP contribution is 2.23. The first-order valence-electron chi connectivity index (χ1n) is 4.20. The number of halogens is 1. The third-order valence-corrected chi connectivity index (χ3v) is 2.95. The highest BCUT2D eigenvalue weighted by atomic mass is 35.5. The molecule has 0 atom stereocenters. The number of hydrogen-bond acceptors (Lipinski definition) is 3. The topological polar surface area (TPSA) is 38.9 Å². The van der Waals surface area contributed by atoms with E-state index in [1.165, 1.54) is 0 Å². The van der Waals surface area contributed by atoms with Crippen molar-refractivity contribution in [3.05, 3.63) is 39.7 Å². The van der Waals surface area contributed by atoms with Crippen LogP contribution in [0.2, 0.25) is 5.02 Å². The van der Waals surface area contributed by atoms with Gasteiger partial charge in [0.2, 0.25) is 0 Å². The molecule has 0 saturated carbocycles. The number of rotatable bonds is 2. The van der Waals surface area contributed by atoms with Gasteiger partial charge in [-0.15, -0.1) is 11.3 Å². The first-order valence-corrected chi connectivity index (χ1v) is 5.46. The van der Waals surface area contributed by atoms with Crippen LogP contribution < -0.4 is 5.73 Å². The van der Waals surface area contributed by atoms with E-state index in [-0.39, 0.29) is 0 Å². The maximum absolute atomic E-state index is 5.89. The van der Waals surface area contributed by atoms with Gasteiger partial charge in [0.05, 0.1) is 5.69 Å². The largest absolute Gasteiger partial charge is 0.325 e. The van der Waals surface area contributed by atoms with Crippen LogP contribution in [0.3, 0.4) is 0 Å². The monoisotopic (exact) mass is 224 g/mol. The summed E-state index contributed by atoms with van der Waals surface area (Å²) in [6.07, 6.45) is 0. The van der Waals surface area contributed by atoms with Gasteiger partial charge in [-0.3, -0.25) is 0 Å². The van der Waals surface area contributed by atoms with Gasteiger partial charge in [0.25, 0.3) is 0 Å². The molecule has 0 amide bonds. The normalized spacial score (nSPS) is 10.4. The van der Waals surface area contributed by atoms with Gasteiger partial charge < -0.3 is 5.73 Å². The lowest BCUT2D eigenvalue weighted by Gasteiger charge is -1.96. The van der Waals surface area contributed by atoms with Gasteiger partial charge in [-0.2, -0.15) is 0 Å². The first-order chi connectivity index (χ1) is 6.79. The fourth-order valence-electron chi connectivity index (χ4n) is 1.19. The molecular weight excluding hydrogens is 216 g/mol. The quantitative estimate of drug-likeness (QED) is 0.852. The standard InChI is InChI=1S/C10H9ClN2S/c11-8-3-1-2-7(4-8)9-6-14-10(5-12)13-9/h1-4,6H,5,12H2. The summed E-state index contributed by atoms with van der Waals surface area (Å²) in [5.41, 5.74) is 7.47. The summed E-state index contributed by atoms with van der Waals surface area (Å²) >= 11 is 7.46. The van der Waals surface area contributed by atoms with E-state index in [9.17, 15) is 0 Å². The van der Waals surface area contributed by atoms with E-state index in [1.807, 2.05) is 29.6 Å². The van der Waals surface area contributed by atoms with Crippen molar-refractivity contribution in [2.75, 3.05) is 0 Å². The Morgan fingerprint density at radius 3 is 2.93 bits per heavy atom. The molecule has 0 unspecified atom stereocenters. The van der Waals surface area contributed by atoms with Crippen LogP contribution >= 0.6 is 22.9 Å². The number of hydrogen-bond donors (Lipinski definition) is 1. The lowest BCUT2D eigenvalue weighted by Crippen LogP contribution is -1.94. The van der Waals surface area contributed by atoms with Crippen molar-refractivity contribution in [2.24, 2.45) is 5.73 Å². The molecule has 2 aromatic rings. The molecule has 0 spiro atoms. The third-order valence-electron chi connectivity index (χ3n) is 1.85. The Labute approximate surface area is 91.4 Å². The molecule has 1 heterocycles. The molecule has 4 heteroatoms. The smallest absolute Gasteiger partial charge is 0.107 e. The minimum atomic E-state index is 0.491. The predicted molar refractivity (Wildman–Crippen MR) is 60.5 cm³/mol. The predicted octanol–water partition coefficient (Wildman–Crippen LogP) is 2.92. The summed E-state index contributed by atoms with van der Waals surface area (Å²) < 4.78 is 0. The van der Waals surface area contributed by atoms with Crippen molar-refractivity contribution in [1.29, 1.82) is 0 Å². The Balaban J connectivity index is 2.39. The molecule has 0 saturated heterocycles. The zero-order valence-corrected chi connectivity index (χ0v) is 8.98. The fourth-order valence-corrected chi connectivity index (χ4v) is 2.06. The molecule has 0 aliphatic heterocycles. The molecule has 0 fully saturated rings. The van der Waals surface area contributed by atoms with Gasteiger partial charge in [-0.05, 0) is 12.1 Å². The van der Waals surface area contributed by atoms with Gasteiger partial charge in [0.15, 0.2) is 0 Å². The van der Waals surface area contributed by atoms with Crippen LogP contribution in [0.5, 0.6) is 0 Å². The third kappa shape index (κ3) is 1.95. The average molecular weight is 225 g/mol. The molecule has 2 N–H and O–H groups in total. The summed E-state index contributed by atoms with van der Waals surface area (Å²) in [7, 11) is 0. The van der Waals surface area contributed by atoms with Crippen molar-refractivity contribution >= 4 is 22.9 Å². The maximum Gasteiger partial charge on any atom is 0.107 e. The second-order valence-corrected chi connectivity index (χ2v) is 4.22. The summed E-state index contributed by atoms with van der Waals surface area (Å²) in [5, 5.41) is 3.66. The summed E-state index contributed by atoms with van der Waals surface area (Å²) in [4.78, 5) is 4.37. The molecule has 0 aliphatic rings. The molecule has 0 bridgehead atoms. The lowest BCUT2D eigenvalue weighted by atomic mass is 10.2. The number of nitrogens with zero attached hydrogens (tertiary/aromatic N) is 1. The van der Waals surface area contributed by atoms with Gasteiger partial charge in [-0.25, -0.2) is 4.98 Å². The van der Waals surface area contributed by atoms with Crippen molar-refractivity contribution in [3.8, 4) is 11.3 Å². The highest BCUT2D eigenvalue weighted by molar-refractivity contribution is 7.09. The second kappa shape index (κ2) is 4.09. The molecule has 72 valence electrons. The highest BCUT2D eigenvalue weighted by Gasteiger charge is 2.03. The van der Waals surface area contributed by atoms with Crippen molar-refractivity contribution in [2.45, 2.75) is 6.54 Å². The Morgan fingerprint density at radius 1 is 1.43 bits per heavy atom. The molecule has 2 nitrogen and oxygen atoms in total. The molecule has 14 heavy (non-hydrogen) atoms. The van der Waals surface area contributed by atoms with Gasteiger partial charge in [0, 0.05) is 22.5 Å². The minimum absolute atomic E-state index is 0.491. The second-order valence-electron chi connectivity index (χ2n) is 2.84. The number of nitrogens with two attached hydrogens (primary N) is 1. The average Bonchev–Trinajstić information content (AvgIpc) is 2.66. The molecular formula is C10H9ClN2S. The van der Waals surface area contributed by atoms with Crippen LogP contribution in [0, 0.1) is 0 Å². The Hall–Kier alpha value is -0.900. The van der Waals surface area contributed by atoms with Crippen LogP contribution in [0.4, 0.5) is 0 Å². The van der Waals surface area contributed by atoms with Crippen molar-refractivity contribution < 1.29 is 0 Å². The molecule has 0 radical (unpaired) electrons. The molecule has 1 aromatic heterocycles. The summed E-state index contributed by atoms with van der Waals surface area (Å²) in [5.74, 6) is 0. The van der Waals surface area contributed by atoms with Crippen molar-refractivity contribution in [1.82, 2.24) is 4.98 Å². The van der Waals surface area contributed by atoms with Crippen molar-refractivity contribution in [3.63, 3.8) is 0 Å². The van der Waals surface area contributed by atoms with E-state index in [4.69, 9.17) is 17.3 Å². The van der Waals surface area contributed by atoms with Crippen LogP contribution in [0.25, 0.3) is 11.3 Å².